The van der Waals surface area contributed by atoms with Crippen LogP contribution in [-0.2, 0) is 0 Å². The van der Waals surface area contributed by atoms with Crippen molar-refractivity contribution in [1.82, 2.24) is 0 Å². The maximum absolute atomic E-state index is 10.6. The van der Waals surface area contributed by atoms with Gasteiger partial charge in [-0.1, -0.05) is 11.6 Å². The molecule has 2 N–H and O–H groups in total. The van der Waals surface area contributed by atoms with E-state index in [2.05, 4.69) is 0 Å². The zero-order valence-electron chi connectivity index (χ0n) is 10.1. The molecule has 0 aromatic heterocycles. The first-order valence-corrected chi connectivity index (χ1v) is 5.83. The summed E-state index contributed by atoms with van der Waals surface area (Å²) in [5, 5.41) is 10.8. The van der Waals surface area contributed by atoms with Crippen LogP contribution in [0.1, 0.15) is 5.56 Å². The van der Waals surface area contributed by atoms with E-state index in [1.165, 1.54) is 18.2 Å². The number of anilines is 1. The maximum Gasteiger partial charge on any atom is 0.271 e. The summed E-state index contributed by atoms with van der Waals surface area (Å²) in [5.41, 5.74) is 7.18. The van der Waals surface area contributed by atoms with E-state index in [0.717, 1.165) is 5.56 Å². The zero-order valence-corrected chi connectivity index (χ0v) is 10.8. The average molecular weight is 279 g/mol. The zero-order chi connectivity index (χ0) is 14.0. The highest BCUT2D eigenvalue weighted by Crippen LogP contribution is 2.33. The van der Waals surface area contributed by atoms with Gasteiger partial charge in [-0.15, -0.1) is 0 Å². The molecule has 0 radical (unpaired) electrons. The number of nitrogen functional groups attached to an aromatic ring is 1. The Labute approximate surface area is 114 Å². The summed E-state index contributed by atoms with van der Waals surface area (Å²) in [6.07, 6.45) is 0. The molecule has 0 aliphatic carbocycles. The molecule has 5 nitrogen and oxygen atoms in total. The number of nitro groups is 1. The minimum Gasteiger partial charge on any atom is -0.456 e. The second-order valence-electron chi connectivity index (χ2n) is 3.99. The fraction of sp³-hybridized carbons (Fsp3) is 0.0769. The van der Waals surface area contributed by atoms with Crippen molar-refractivity contribution in [2.75, 3.05) is 5.73 Å². The van der Waals surface area contributed by atoms with Gasteiger partial charge in [0.05, 0.1) is 9.95 Å². The van der Waals surface area contributed by atoms with Gasteiger partial charge in [-0.25, -0.2) is 0 Å². The van der Waals surface area contributed by atoms with Crippen LogP contribution in [-0.4, -0.2) is 4.92 Å². The van der Waals surface area contributed by atoms with Gasteiger partial charge in [0.15, 0.2) is 0 Å². The Morgan fingerprint density at radius 1 is 1.26 bits per heavy atom. The minimum atomic E-state index is -0.511. The number of halogens is 1. The van der Waals surface area contributed by atoms with Crippen molar-refractivity contribution in [2.24, 2.45) is 0 Å². The number of nitro benzene ring substituents is 1. The molecular weight excluding hydrogens is 268 g/mol. The Hall–Kier alpha value is -2.27. The topological polar surface area (TPSA) is 78.4 Å². The highest BCUT2D eigenvalue weighted by atomic mass is 35.5. The summed E-state index contributed by atoms with van der Waals surface area (Å²) in [4.78, 5) is 10.1. The summed E-state index contributed by atoms with van der Waals surface area (Å²) in [7, 11) is 0. The third-order valence-electron chi connectivity index (χ3n) is 2.60. The van der Waals surface area contributed by atoms with E-state index in [1.54, 1.807) is 18.2 Å². The Kier molecular flexibility index (Phi) is 3.57. The number of rotatable bonds is 3. The third kappa shape index (κ3) is 2.95. The van der Waals surface area contributed by atoms with Crippen molar-refractivity contribution in [2.45, 2.75) is 6.92 Å². The molecule has 19 heavy (non-hydrogen) atoms. The van der Waals surface area contributed by atoms with E-state index in [9.17, 15) is 10.1 Å². The summed E-state index contributed by atoms with van der Waals surface area (Å²) in [6, 6.07) is 9.26. The van der Waals surface area contributed by atoms with E-state index < -0.39 is 4.92 Å². The first-order valence-electron chi connectivity index (χ1n) is 5.45. The number of nitrogens with two attached hydrogens (primary N) is 1. The summed E-state index contributed by atoms with van der Waals surface area (Å²) < 4.78 is 5.57. The number of nitrogens with zero attached hydrogens (tertiary/aromatic N) is 1. The van der Waals surface area contributed by atoms with Crippen LogP contribution in [0, 0.1) is 17.0 Å². The van der Waals surface area contributed by atoms with Crippen molar-refractivity contribution in [3.8, 4) is 11.5 Å². The molecule has 0 amide bonds. The quantitative estimate of drug-likeness (QED) is 0.524. The van der Waals surface area contributed by atoms with Crippen LogP contribution in [0.5, 0.6) is 11.5 Å². The van der Waals surface area contributed by atoms with E-state index in [-0.39, 0.29) is 10.7 Å². The molecule has 0 aliphatic rings. The molecular formula is C13H11ClN2O3. The predicted molar refractivity (Wildman–Crippen MR) is 73.8 cm³/mol. The first kappa shape index (κ1) is 13.2. The average Bonchev–Trinajstić information content (AvgIpc) is 2.36. The third-order valence-corrected chi connectivity index (χ3v) is 2.89. The van der Waals surface area contributed by atoms with Gasteiger partial charge in [0.1, 0.15) is 11.5 Å². The highest BCUT2D eigenvalue weighted by molar-refractivity contribution is 6.32. The smallest absolute Gasteiger partial charge is 0.271 e. The molecule has 0 unspecified atom stereocenters. The van der Waals surface area contributed by atoms with Crippen LogP contribution < -0.4 is 10.5 Å². The van der Waals surface area contributed by atoms with Crippen LogP contribution in [0.3, 0.4) is 0 Å². The molecule has 0 fully saturated rings. The molecule has 0 aliphatic heterocycles. The molecule has 0 saturated carbocycles. The van der Waals surface area contributed by atoms with E-state index in [4.69, 9.17) is 22.1 Å². The molecule has 2 aromatic carbocycles. The highest BCUT2D eigenvalue weighted by Gasteiger charge is 2.11. The maximum atomic E-state index is 10.6. The van der Waals surface area contributed by atoms with Crippen molar-refractivity contribution < 1.29 is 9.66 Å². The number of non-ortho nitro benzene ring substituents is 1. The lowest BCUT2D eigenvalue weighted by molar-refractivity contribution is -0.384. The fourth-order valence-electron chi connectivity index (χ4n) is 1.52. The number of hydrogen-bond acceptors (Lipinski definition) is 4. The Balaban J connectivity index is 2.28. The molecule has 2 rings (SSSR count). The Bertz CT molecular complexity index is 644. The lowest BCUT2D eigenvalue weighted by atomic mass is 10.2. The SMILES string of the molecule is Cc1cc(Oc2ccc([N+](=O)[O-])cc2Cl)ccc1N. The van der Waals surface area contributed by atoms with Crippen molar-refractivity contribution >= 4 is 23.0 Å². The fourth-order valence-corrected chi connectivity index (χ4v) is 1.74. The van der Waals surface area contributed by atoms with Gasteiger partial charge in [0, 0.05) is 17.8 Å². The molecule has 0 bridgehead atoms. The lowest BCUT2D eigenvalue weighted by Gasteiger charge is -2.09. The van der Waals surface area contributed by atoms with E-state index in [0.29, 0.717) is 17.2 Å². The van der Waals surface area contributed by atoms with Crippen LogP contribution in [0.2, 0.25) is 5.02 Å². The van der Waals surface area contributed by atoms with Crippen LogP contribution >= 0.6 is 11.6 Å². The van der Waals surface area contributed by atoms with Gasteiger partial charge >= 0.3 is 0 Å². The van der Waals surface area contributed by atoms with Crippen LogP contribution in [0.25, 0.3) is 0 Å². The molecule has 6 heteroatoms. The van der Waals surface area contributed by atoms with Gasteiger partial charge in [0.2, 0.25) is 0 Å². The summed E-state index contributed by atoms with van der Waals surface area (Å²) in [6.45, 7) is 1.86. The molecule has 0 saturated heterocycles. The molecule has 2 aromatic rings. The van der Waals surface area contributed by atoms with Crippen molar-refractivity contribution in [3.05, 3.63) is 57.1 Å². The molecule has 0 spiro atoms. The minimum absolute atomic E-state index is 0.0779. The second-order valence-corrected chi connectivity index (χ2v) is 4.40. The van der Waals surface area contributed by atoms with Crippen molar-refractivity contribution in [3.63, 3.8) is 0 Å². The number of aryl methyl sites for hydroxylation is 1. The van der Waals surface area contributed by atoms with Gasteiger partial charge in [-0.3, -0.25) is 10.1 Å². The second kappa shape index (κ2) is 5.16. The van der Waals surface area contributed by atoms with Crippen molar-refractivity contribution in [1.29, 1.82) is 0 Å². The Morgan fingerprint density at radius 3 is 2.58 bits per heavy atom. The van der Waals surface area contributed by atoms with Gasteiger partial charge in [-0.05, 0) is 36.8 Å². The standard InChI is InChI=1S/C13H11ClN2O3/c1-8-6-10(3-4-12(8)15)19-13-5-2-9(16(17)18)7-11(13)14/h2-7H,15H2,1H3. The van der Waals surface area contributed by atoms with Crippen LogP contribution in [0.15, 0.2) is 36.4 Å². The van der Waals surface area contributed by atoms with E-state index in [1.807, 2.05) is 6.92 Å². The number of ether oxygens (including phenoxy) is 1. The van der Waals surface area contributed by atoms with Crippen LogP contribution in [0.4, 0.5) is 11.4 Å². The Morgan fingerprint density at radius 2 is 2.00 bits per heavy atom. The first-order chi connectivity index (χ1) is 8.97. The number of hydrogen-bond donors (Lipinski definition) is 1. The lowest BCUT2D eigenvalue weighted by Crippen LogP contribution is -1.92. The molecule has 98 valence electrons. The largest absolute Gasteiger partial charge is 0.456 e. The monoisotopic (exact) mass is 278 g/mol. The van der Waals surface area contributed by atoms with Gasteiger partial charge in [-0.2, -0.15) is 0 Å². The van der Waals surface area contributed by atoms with Gasteiger partial charge < -0.3 is 10.5 Å². The van der Waals surface area contributed by atoms with Gasteiger partial charge in [0.25, 0.3) is 5.69 Å². The van der Waals surface area contributed by atoms with E-state index >= 15 is 0 Å². The number of benzene rings is 2. The molecule has 0 atom stereocenters. The normalized spacial score (nSPS) is 10.2. The summed E-state index contributed by atoms with van der Waals surface area (Å²) in [5.74, 6) is 0.930. The molecule has 0 heterocycles. The summed E-state index contributed by atoms with van der Waals surface area (Å²) >= 11 is 5.94. The predicted octanol–water partition coefficient (Wildman–Crippen LogP) is 3.93.